The van der Waals surface area contributed by atoms with Gasteiger partial charge in [-0.25, -0.2) is 8.93 Å². The van der Waals surface area contributed by atoms with Crippen LogP contribution >= 0.6 is 0 Å². The van der Waals surface area contributed by atoms with E-state index in [9.17, 15) is 4.21 Å². The molecule has 2 N–H and O–H groups in total. The first-order valence-electron chi connectivity index (χ1n) is 4.77. The largest absolute Gasteiger partial charge is 0.302 e. The van der Waals surface area contributed by atoms with Gasteiger partial charge in [0.1, 0.15) is 0 Å². The minimum Gasteiger partial charge on any atom is -0.302 e. The van der Waals surface area contributed by atoms with Crippen LogP contribution in [-0.4, -0.2) is 39.8 Å². The van der Waals surface area contributed by atoms with Crippen molar-refractivity contribution < 1.29 is 8.76 Å². The van der Waals surface area contributed by atoms with Crippen LogP contribution in [0.15, 0.2) is 0 Å². The Morgan fingerprint density at radius 2 is 1.77 bits per heavy atom. The van der Waals surface area contributed by atoms with E-state index in [4.69, 9.17) is 4.55 Å². The molecule has 0 amide bonds. The van der Waals surface area contributed by atoms with Crippen LogP contribution in [0.2, 0.25) is 0 Å². The molecule has 0 aromatic heterocycles. The lowest BCUT2D eigenvalue weighted by Crippen LogP contribution is -2.33. The van der Waals surface area contributed by atoms with Gasteiger partial charge in [-0.1, -0.05) is 13.8 Å². The summed E-state index contributed by atoms with van der Waals surface area (Å²) in [6.45, 7) is 7.82. The summed E-state index contributed by atoms with van der Waals surface area (Å²) in [4.78, 5) is 2.29. The topological polar surface area (TPSA) is 52.6 Å². The van der Waals surface area contributed by atoms with Crippen molar-refractivity contribution in [3.05, 3.63) is 0 Å². The van der Waals surface area contributed by atoms with Gasteiger partial charge in [0.05, 0.1) is 0 Å². The van der Waals surface area contributed by atoms with Gasteiger partial charge in [0.25, 0.3) is 0 Å². The summed E-state index contributed by atoms with van der Waals surface area (Å²) in [5.74, 6) is 0. The van der Waals surface area contributed by atoms with E-state index in [1.807, 2.05) is 0 Å². The van der Waals surface area contributed by atoms with E-state index in [1.54, 1.807) is 0 Å². The van der Waals surface area contributed by atoms with Crippen molar-refractivity contribution in [2.24, 2.45) is 0 Å². The van der Waals surface area contributed by atoms with E-state index in [2.05, 4.69) is 23.5 Å². The van der Waals surface area contributed by atoms with E-state index in [1.165, 1.54) is 0 Å². The summed E-state index contributed by atoms with van der Waals surface area (Å²) in [6, 6.07) is 0. The Morgan fingerprint density at radius 1 is 1.23 bits per heavy atom. The molecule has 0 fully saturated rings. The van der Waals surface area contributed by atoms with Crippen LogP contribution in [0.1, 0.15) is 26.7 Å². The predicted octanol–water partition coefficient (Wildman–Crippen LogP) is 0.835. The quantitative estimate of drug-likeness (QED) is 0.581. The Labute approximate surface area is 83.1 Å². The van der Waals surface area contributed by atoms with Gasteiger partial charge in [-0.3, -0.25) is 4.55 Å². The number of rotatable bonds is 8. The maximum atomic E-state index is 10.3. The third kappa shape index (κ3) is 8.36. The van der Waals surface area contributed by atoms with Crippen LogP contribution in [0.5, 0.6) is 0 Å². The fraction of sp³-hybridized carbons (Fsp3) is 1.00. The number of nitrogens with one attached hydrogen (secondary N) is 1. The number of hydrogen-bond donors (Lipinski definition) is 2. The molecule has 4 nitrogen and oxygen atoms in total. The molecule has 0 saturated heterocycles. The van der Waals surface area contributed by atoms with Crippen LogP contribution in [0.25, 0.3) is 0 Å². The lowest BCUT2D eigenvalue weighted by molar-refractivity contribution is 0.279. The minimum atomic E-state index is -1.87. The first-order chi connectivity index (χ1) is 6.20. The third-order valence-corrected chi connectivity index (χ3v) is 2.18. The highest BCUT2D eigenvalue weighted by Crippen LogP contribution is 1.92. The summed E-state index contributed by atoms with van der Waals surface area (Å²) < 4.78 is 21.2. The molecule has 13 heavy (non-hydrogen) atoms. The minimum absolute atomic E-state index is 0.573. The first kappa shape index (κ1) is 13.0. The molecule has 1 atom stereocenters. The van der Waals surface area contributed by atoms with Gasteiger partial charge < -0.3 is 4.90 Å². The maximum absolute atomic E-state index is 10.3. The fourth-order valence-corrected chi connectivity index (χ4v) is 1.52. The van der Waals surface area contributed by atoms with Gasteiger partial charge in [0.15, 0.2) is 0 Å². The molecular formula is C8H20N2O2S. The molecule has 80 valence electrons. The van der Waals surface area contributed by atoms with E-state index in [-0.39, 0.29) is 0 Å². The van der Waals surface area contributed by atoms with Crippen molar-refractivity contribution >= 4 is 11.3 Å². The zero-order valence-electron chi connectivity index (χ0n) is 8.45. The molecule has 0 aliphatic heterocycles. The normalized spacial score (nSPS) is 13.5. The second-order valence-electron chi connectivity index (χ2n) is 2.99. The molecule has 0 aliphatic rings. The molecule has 0 aliphatic carbocycles. The SMILES string of the molecule is CCCN(CCC)CCNS(=O)O. The van der Waals surface area contributed by atoms with Gasteiger partial charge in [-0.15, -0.1) is 0 Å². The van der Waals surface area contributed by atoms with Crippen LogP contribution < -0.4 is 4.72 Å². The Balaban J connectivity index is 3.49. The Bertz CT molecular complexity index is 138. The van der Waals surface area contributed by atoms with E-state index < -0.39 is 11.3 Å². The molecule has 0 bridgehead atoms. The van der Waals surface area contributed by atoms with Crippen LogP contribution in [0.4, 0.5) is 0 Å². The van der Waals surface area contributed by atoms with Crippen molar-refractivity contribution in [3.63, 3.8) is 0 Å². The molecule has 5 heteroatoms. The van der Waals surface area contributed by atoms with Gasteiger partial charge in [-0.2, -0.15) is 0 Å². The highest BCUT2D eigenvalue weighted by molar-refractivity contribution is 7.77. The zero-order chi connectivity index (χ0) is 10.1. The second-order valence-corrected chi connectivity index (χ2v) is 3.77. The van der Waals surface area contributed by atoms with E-state index in [0.29, 0.717) is 6.54 Å². The van der Waals surface area contributed by atoms with E-state index >= 15 is 0 Å². The smallest absolute Gasteiger partial charge is 0.231 e. The Morgan fingerprint density at radius 3 is 2.15 bits per heavy atom. The van der Waals surface area contributed by atoms with Crippen molar-refractivity contribution in [2.75, 3.05) is 26.2 Å². The monoisotopic (exact) mass is 208 g/mol. The molecule has 0 saturated carbocycles. The van der Waals surface area contributed by atoms with Crippen LogP contribution in [0, 0.1) is 0 Å². The Hall–Kier alpha value is 0.0300. The predicted molar refractivity (Wildman–Crippen MR) is 55.8 cm³/mol. The first-order valence-corrected chi connectivity index (χ1v) is 5.88. The third-order valence-electron chi connectivity index (χ3n) is 1.73. The summed E-state index contributed by atoms with van der Waals surface area (Å²) in [7, 11) is 0. The average molecular weight is 208 g/mol. The molecule has 1 unspecified atom stereocenters. The number of nitrogens with zero attached hydrogens (tertiary/aromatic N) is 1. The van der Waals surface area contributed by atoms with Gasteiger partial charge in [0.2, 0.25) is 11.3 Å². The van der Waals surface area contributed by atoms with Gasteiger partial charge in [0, 0.05) is 13.1 Å². The van der Waals surface area contributed by atoms with E-state index in [0.717, 1.165) is 32.5 Å². The maximum Gasteiger partial charge on any atom is 0.231 e. The lowest BCUT2D eigenvalue weighted by atomic mass is 10.3. The Kier molecular flexibility index (Phi) is 8.64. The molecule has 0 heterocycles. The van der Waals surface area contributed by atoms with Crippen molar-refractivity contribution in [1.82, 2.24) is 9.62 Å². The summed E-state index contributed by atoms with van der Waals surface area (Å²) in [5, 5.41) is 0. The van der Waals surface area contributed by atoms with Crippen molar-refractivity contribution in [3.8, 4) is 0 Å². The van der Waals surface area contributed by atoms with Gasteiger partial charge in [-0.05, 0) is 25.9 Å². The molecule has 0 aromatic carbocycles. The second kappa shape index (κ2) is 8.62. The highest BCUT2D eigenvalue weighted by Gasteiger charge is 2.01. The highest BCUT2D eigenvalue weighted by atomic mass is 32.2. The zero-order valence-corrected chi connectivity index (χ0v) is 9.27. The lowest BCUT2D eigenvalue weighted by Gasteiger charge is -2.20. The van der Waals surface area contributed by atoms with Crippen molar-refractivity contribution in [2.45, 2.75) is 26.7 Å². The molecule has 0 radical (unpaired) electrons. The fourth-order valence-electron chi connectivity index (χ4n) is 1.26. The molecule has 0 aromatic rings. The van der Waals surface area contributed by atoms with Crippen LogP contribution in [-0.2, 0) is 11.3 Å². The molecular weight excluding hydrogens is 188 g/mol. The average Bonchev–Trinajstić information content (AvgIpc) is 2.04. The van der Waals surface area contributed by atoms with Crippen LogP contribution in [0.3, 0.4) is 0 Å². The summed E-state index contributed by atoms with van der Waals surface area (Å²) >= 11 is -1.87. The standard InChI is InChI=1S/C8H20N2O2S/c1-3-6-10(7-4-2)8-5-9-13(11)12/h9H,3-8H2,1-2H3,(H,11,12). The molecule has 0 rings (SSSR count). The summed E-state index contributed by atoms with van der Waals surface area (Å²) in [5.41, 5.74) is 0. The molecule has 0 spiro atoms. The number of hydrogen-bond acceptors (Lipinski definition) is 2. The summed E-state index contributed by atoms with van der Waals surface area (Å²) in [6.07, 6.45) is 2.25. The van der Waals surface area contributed by atoms with Gasteiger partial charge >= 0.3 is 0 Å². The van der Waals surface area contributed by atoms with Crippen molar-refractivity contribution in [1.29, 1.82) is 0 Å².